The minimum atomic E-state index is -0.469. The summed E-state index contributed by atoms with van der Waals surface area (Å²) < 4.78 is 9.49. The van der Waals surface area contributed by atoms with Crippen molar-refractivity contribution in [1.82, 2.24) is 15.1 Å². The average Bonchev–Trinajstić information content (AvgIpc) is 3.06. The molecule has 1 aliphatic rings. The lowest BCUT2D eigenvalue weighted by molar-refractivity contribution is 0.100. The van der Waals surface area contributed by atoms with Gasteiger partial charge in [-0.2, -0.15) is 5.10 Å². The zero-order chi connectivity index (χ0) is 17.4. The molecule has 1 aliphatic heterocycles. The van der Waals surface area contributed by atoms with Crippen molar-refractivity contribution in [2.45, 2.75) is 18.8 Å². The Hall–Kier alpha value is -2.66. The van der Waals surface area contributed by atoms with Crippen molar-refractivity contribution in [3.8, 4) is 5.69 Å². The van der Waals surface area contributed by atoms with Gasteiger partial charge in [0, 0.05) is 19.5 Å². The molecule has 5 nitrogen and oxygen atoms in total. The Labute approximate surface area is 141 Å². The Balaban J connectivity index is 1.63. The molecule has 2 atom stereocenters. The average molecular weight is 321 g/mol. The third-order valence-electron chi connectivity index (χ3n) is 4.60. The van der Waals surface area contributed by atoms with Gasteiger partial charge in [0.25, 0.3) is 5.91 Å². The van der Waals surface area contributed by atoms with Crippen LogP contribution in [0.3, 0.4) is 0 Å². The number of nitrogens with two attached hydrogens (primary N) is 1. The Kier molecular flexibility index (Phi) is 3.49. The first-order valence-electron chi connectivity index (χ1n) is 8.74. The molecule has 24 heavy (non-hydrogen) atoms. The molecule has 1 unspecified atom stereocenters. The van der Waals surface area contributed by atoms with E-state index in [9.17, 15) is 4.79 Å². The number of hydrogen-bond acceptors (Lipinski definition) is 3. The molecule has 0 bridgehead atoms. The number of amides is 1. The largest absolute Gasteiger partial charge is 0.366 e. The summed E-state index contributed by atoms with van der Waals surface area (Å²) in [5, 5.41) is 8.64. The molecule has 0 spiro atoms. The standard InChI is InChI=1S/C19H20N4O/c20-19(24)17-5-1-3-15-12-23(22-18(15)17)16-8-6-13(7-9-16)14-4-2-10-21-11-14/h1,3,5-9,12,14,21H,2,4,10-11H2,(H2,20,24)/t14-/m0/s1/i10D/t10?,14-. The minimum Gasteiger partial charge on any atom is -0.366 e. The van der Waals surface area contributed by atoms with Gasteiger partial charge in [-0.25, -0.2) is 4.68 Å². The normalized spacial score (nSPS) is 21.6. The maximum Gasteiger partial charge on any atom is 0.250 e. The van der Waals surface area contributed by atoms with Crippen LogP contribution in [0.1, 0.15) is 36.1 Å². The second-order valence-electron chi connectivity index (χ2n) is 6.16. The van der Waals surface area contributed by atoms with Gasteiger partial charge in [-0.3, -0.25) is 4.79 Å². The van der Waals surface area contributed by atoms with Crippen molar-refractivity contribution in [2.75, 3.05) is 13.1 Å². The smallest absolute Gasteiger partial charge is 0.250 e. The molecular formula is C19H20N4O. The number of rotatable bonds is 3. The first kappa shape index (κ1) is 13.7. The van der Waals surface area contributed by atoms with Crippen LogP contribution in [0.15, 0.2) is 48.7 Å². The maximum atomic E-state index is 11.6. The molecule has 0 saturated carbocycles. The van der Waals surface area contributed by atoms with Crippen LogP contribution in [0.25, 0.3) is 16.6 Å². The predicted molar refractivity (Wildman–Crippen MR) is 94.4 cm³/mol. The number of carbonyl (C=O) groups excluding carboxylic acids is 1. The summed E-state index contributed by atoms with van der Waals surface area (Å²) in [5.41, 5.74) is 8.71. The van der Waals surface area contributed by atoms with Crippen molar-refractivity contribution in [3.63, 3.8) is 0 Å². The van der Waals surface area contributed by atoms with E-state index in [1.54, 1.807) is 10.7 Å². The quantitative estimate of drug-likeness (QED) is 0.779. The lowest BCUT2D eigenvalue weighted by Crippen LogP contribution is -2.28. The van der Waals surface area contributed by atoms with Crippen molar-refractivity contribution < 1.29 is 6.17 Å². The number of benzene rings is 2. The topological polar surface area (TPSA) is 72.9 Å². The Morgan fingerprint density at radius 2 is 2.12 bits per heavy atom. The fourth-order valence-corrected chi connectivity index (χ4v) is 3.27. The molecule has 3 N–H and O–H groups in total. The number of aromatic nitrogens is 2. The van der Waals surface area contributed by atoms with Crippen molar-refractivity contribution in [2.24, 2.45) is 5.73 Å². The van der Waals surface area contributed by atoms with E-state index in [2.05, 4.69) is 22.5 Å². The molecule has 3 aromatic rings. The van der Waals surface area contributed by atoms with Crippen LogP contribution in [0.5, 0.6) is 0 Å². The van der Waals surface area contributed by atoms with Crippen LogP contribution >= 0.6 is 0 Å². The summed E-state index contributed by atoms with van der Waals surface area (Å²) >= 11 is 0. The van der Waals surface area contributed by atoms with Gasteiger partial charge in [-0.1, -0.05) is 24.3 Å². The number of primary amides is 1. The van der Waals surface area contributed by atoms with Gasteiger partial charge in [0.2, 0.25) is 0 Å². The summed E-state index contributed by atoms with van der Waals surface area (Å²) in [5.74, 6) is -0.0162. The van der Waals surface area contributed by atoms with E-state index in [0.717, 1.165) is 30.5 Å². The molecule has 1 saturated heterocycles. The molecule has 0 radical (unpaired) electrons. The Morgan fingerprint density at radius 3 is 2.83 bits per heavy atom. The second kappa shape index (κ2) is 6.09. The summed E-state index contributed by atoms with van der Waals surface area (Å²) in [6.07, 6.45) is 3.82. The van der Waals surface area contributed by atoms with Crippen LogP contribution in [0.4, 0.5) is 0 Å². The fraction of sp³-hybridized carbons (Fsp3) is 0.263. The molecule has 1 fully saturated rings. The van der Waals surface area contributed by atoms with Crippen LogP contribution < -0.4 is 11.1 Å². The molecule has 1 aromatic heterocycles. The zero-order valence-corrected chi connectivity index (χ0v) is 13.3. The van der Waals surface area contributed by atoms with E-state index in [0.29, 0.717) is 17.0 Å². The highest BCUT2D eigenvalue weighted by molar-refractivity contribution is 6.04. The lowest BCUT2D eigenvalue weighted by Gasteiger charge is -2.23. The van der Waals surface area contributed by atoms with Crippen molar-refractivity contribution in [1.29, 1.82) is 0 Å². The molecule has 4 rings (SSSR count). The number of nitrogens with zero attached hydrogens (tertiary/aromatic N) is 2. The first-order chi connectivity index (χ1) is 12.1. The molecule has 5 heteroatoms. The number of fused-ring (bicyclic) bond motifs is 1. The minimum absolute atomic E-state index is 0.133. The zero-order valence-electron chi connectivity index (χ0n) is 14.3. The van der Waals surface area contributed by atoms with Crippen LogP contribution in [0, 0.1) is 0 Å². The van der Waals surface area contributed by atoms with Crippen molar-refractivity contribution in [3.05, 3.63) is 59.8 Å². The highest BCUT2D eigenvalue weighted by atomic mass is 16.1. The predicted octanol–water partition coefficient (Wildman–Crippen LogP) is 2.59. The van der Waals surface area contributed by atoms with Crippen LogP contribution in [-0.2, 0) is 0 Å². The monoisotopic (exact) mass is 321 g/mol. The van der Waals surface area contributed by atoms with E-state index < -0.39 is 5.91 Å². The van der Waals surface area contributed by atoms with Gasteiger partial charge < -0.3 is 11.1 Å². The molecule has 1 amide bonds. The Morgan fingerprint density at radius 1 is 1.29 bits per heavy atom. The molecule has 122 valence electrons. The lowest BCUT2D eigenvalue weighted by atomic mass is 9.92. The van der Waals surface area contributed by atoms with Gasteiger partial charge >= 0.3 is 0 Å². The second-order valence-corrected chi connectivity index (χ2v) is 6.16. The van der Waals surface area contributed by atoms with E-state index in [1.807, 2.05) is 30.5 Å². The third kappa shape index (κ3) is 2.67. The number of hydrogen-bond donors (Lipinski definition) is 2. The van der Waals surface area contributed by atoms with Gasteiger partial charge in [0.05, 0.1) is 11.3 Å². The summed E-state index contributed by atoms with van der Waals surface area (Å²) in [7, 11) is 0. The number of piperidine rings is 1. The highest BCUT2D eigenvalue weighted by Gasteiger charge is 2.15. The van der Waals surface area contributed by atoms with Gasteiger partial charge in [-0.05, 0) is 49.0 Å². The SMILES string of the molecule is [2H]C1CC[C@H](c2ccc(-n3cc4cccc(C(N)=O)c4n3)cc2)CN1. The Bertz CT molecular complexity index is 911. The molecule has 2 heterocycles. The first-order valence-corrected chi connectivity index (χ1v) is 8.16. The summed E-state index contributed by atoms with van der Waals surface area (Å²) in [6, 6.07) is 13.7. The molecule has 0 aliphatic carbocycles. The van der Waals surface area contributed by atoms with E-state index in [-0.39, 0.29) is 6.52 Å². The van der Waals surface area contributed by atoms with Gasteiger partial charge in [0.15, 0.2) is 0 Å². The molecule has 2 aromatic carbocycles. The van der Waals surface area contributed by atoms with Gasteiger partial charge in [0.1, 0.15) is 5.52 Å². The van der Waals surface area contributed by atoms with Gasteiger partial charge in [-0.15, -0.1) is 0 Å². The molecular weight excluding hydrogens is 300 g/mol. The number of nitrogens with one attached hydrogen (secondary N) is 1. The maximum absolute atomic E-state index is 11.6. The fourth-order valence-electron chi connectivity index (χ4n) is 3.27. The van der Waals surface area contributed by atoms with Crippen molar-refractivity contribution >= 4 is 16.8 Å². The summed E-state index contributed by atoms with van der Waals surface area (Å²) in [4.78, 5) is 11.6. The number of carbonyl (C=O) groups is 1. The van der Waals surface area contributed by atoms with E-state index in [1.165, 1.54) is 5.56 Å². The summed E-state index contributed by atoms with van der Waals surface area (Å²) in [6.45, 7) is 0.715. The van der Waals surface area contributed by atoms with Crippen LogP contribution in [0.2, 0.25) is 0 Å². The highest BCUT2D eigenvalue weighted by Crippen LogP contribution is 2.25. The van der Waals surface area contributed by atoms with E-state index >= 15 is 0 Å². The third-order valence-corrected chi connectivity index (χ3v) is 4.60. The van der Waals surface area contributed by atoms with E-state index in [4.69, 9.17) is 7.10 Å². The van der Waals surface area contributed by atoms with Crippen LogP contribution in [-0.4, -0.2) is 28.8 Å².